The molecule has 0 spiro atoms. The normalized spacial score (nSPS) is 15.3. The molecule has 0 fully saturated rings. The Morgan fingerprint density at radius 2 is 1.59 bits per heavy atom. The van der Waals surface area contributed by atoms with Gasteiger partial charge in [-0.15, -0.1) is 0 Å². The number of amides is 2. The van der Waals surface area contributed by atoms with Crippen molar-refractivity contribution in [3.63, 3.8) is 0 Å². The predicted molar refractivity (Wildman–Crippen MR) is 114 cm³/mol. The number of hydrogen-bond donors (Lipinski definition) is 2. The van der Waals surface area contributed by atoms with E-state index in [0.717, 1.165) is 16.9 Å². The Labute approximate surface area is 169 Å². The molecule has 1 aliphatic heterocycles. The third-order valence-corrected chi connectivity index (χ3v) is 4.91. The molecule has 4 rings (SSSR count). The summed E-state index contributed by atoms with van der Waals surface area (Å²) in [6.07, 6.45) is -0.527. The van der Waals surface area contributed by atoms with Crippen LogP contribution in [-0.4, -0.2) is 30.9 Å². The summed E-state index contributed by atoms with van der Waals surface area (Å²) in [5.41, 5.74) is 6.45. The summed E-state index contributed by atoms with van der Waals surface area (Å²) in [7, 11) is 3.94. The van der Waals surface area contributed by atoms with Gasteiger partial charge in [0.2, 0.25) is 0 Å². The van der Waals surface area contributed by atoms with Crippen LogP contribution in [0.15, 0.2) is 78.9 Å². The Balaban J connectivity index is 1.70. The third-order valence-electron chi connectivity index (χ3n) is 4.91. The average molecular weight is 386 g/mol. The Bertz CT molecular complexity index is 1030. The van der Waals surface area contributed by atoms with Crippen LogP contribution in [0.5, 0.6) is 0 Å². The first-order valence-electron chi connectivity index (χ1n) is 9.37. The number of carbonyl (C=O) groups excluding carboxylic acids is 2. The van der Waals surface area contributed by atoms with Gasteiger partial charge in [-0.2, -0.15) is 0 Å². The molecule has 6 nitrogen and oxygen atoms in total. The van der Waals surface area contributed by atoms with E-state index in [1.165, 1.54) is 5.01 Å². The number of benzene rings is 3. The van der Waals surface area contributed by atoms with Crippen molar-refractivity contribution in [2.75, 3.05) is 24.3 Å². The number of nitrogens with one attached hydrogen (secondary N) is 2. The number of hydrogen-bond acceptors (Lipinski definition) is 4. The van der Waals surface area contributed by atoms with Crippen LogP contribution in [0, 0.1) is 0 Å². The van der Waals surface area contributed by atoms with Crippen molar-refractivity contribution in [1.29, 1.82) is 0 Å². The molecule has 1 aliphatic rings. The highest BCUT2D eigenvalue weighted by Crippen LogP contribution is 2.32. The van der Waals surface area contributed by atoms with Gasteiger partial charge < -0.3 is 10.2 Å². The highest BCUT2D eigenvalue weighted by Gasteiger charge is 2.34. The lowest BCUT2D eigenvalue weighted by atomic mass is 10.0. The van der Waals surface area contributed by atoms with Gasteiger partial charge in [0.15, 0.2) is 0 Å². The molecule has 6 heteroatoms. The topological polar surface area (TPSA) is 64.7 Å². The van der Waals surface area contributed by atoms with Gasteiger partial charge in [-0.05, 0) is 42.0 Å². The molecule has 1 heterocycles. The van der Waals surface area contributed by atoms with Crippen LogP contribution in [0.4, 0.5) is 11.4 Å². The fraction of sp³-hybridized carbons (Fsp3) is 0.130. The molecule has 0 aliphatic carbocycles. The van der Waals surface area contributed by atoms with E-state index in [-0.39, 0.29) is 11.8 Å². The molecule has 0 aromatic heterocycles. The molecule has 2 N–H and O–H groups in total. The highest BCUT2D eigenvalue weighted by atomic mass is 16.2. The molecule has 0 radical (unpaired) electrons. The Morgan fingerprint density at radius 1 is 0.931 bits per heavy atom. The van der Waals surface area contributed by atoms with Crippen LogP contribution in [0.2, 0.25) is 0 Å². The number of para-hydroxylation sites is 1. The summed E-state index contributed by atoms with van der Waals surface area (Å²) < 4.78 is 0. The predicted octanol–water partition coefficient (Wildman–Crippen LogP) is 3.66. The maximum atomic E-state index is 13.2. The Hall–Kier alpha value is -3.80. The van der Waals surface area contributed by atoms with E-state index in [1.54, 1.807) is 30.3 Å². The zero-order chi connectivity index (χ0) is 20.4. The van der Waals surface area contributed by atoms with Crippen molar-refractivity contribution >= 4 is 23.2 Å². The van der Waals surface area contributed by atoms with Crippen molar-refractivity contribution in [3.8, 4) is 0 Å². The van der Waals surface area contributed by atoms with Crippen LogP contribution in [0.3, 0.4) is 0 Å². The van der Waals surface area contributed by atoms with Gasteiger partial charge in [0.05, 0.1) is 5.56 Å². The molecule has 3 aromatic carbocycles. The van der Waals surface area contributed by atoms with Gasteiger partial charge in [0.1, 0.15) is 6.17 Å². The number of carbonyl (C=O) groups is 2. The average Bonchev–Trinajstić information content (AvgIpc) is 2.76. The largest absolute Gasteiger partial charge is 0.378 e. The Morgan fingerprint density at radius 3 is 2.28 bits per heavy atom. The molecular formula is C23H22N4O2. The maximum Gasteiger partial charge on any atom is 0.276 e. The lowest BCUT2D eigenvalue weighted by Crippen LogP contribution is -2.52. The number of nitrogens with zero attached hydrogens (tertiary/aromatic N) is 2. The number of hydrazine groups is 1. The van der Waals surface area contributed by atoms with Crippen LogP contribution in [-0.2, 0) is 0 Å². The second-order valence-electron chi connectivity index (χ2n) is 7.06. The molecule has 0 bridgehead atoms. The molecule has 146 valence electrons. The smallest absolute Gasteiger partial charge is 0.276 e. The molecule has 0 saturated carbocycles. The van der Waals surface area contributed by atoms with Gasteiger partial charge in [-0.1, -0.05) is 42.5 Å². The van der Waals surface area contributed by atoms with Crippen molar-refractivity contribution in [2.24, 2.45) is 0 Å². The van der Waals surface area contributed by atoms with Gasteiger partial charge in [-0.25, -0.2) is 5.01 Å². The van der Waals surface area contributed by atoms with E-state index in [9.17, 15) is 9.59 Å². The SMILES string of the molecule is CN(C)c1ccc([C@H]2Nc3ccccc3C(=O)N2NC(=O)c2ccccc2)cc1. The standard InChI is InChI=1S/C23H22N4O2/c1-26(2)18-14-12-16(13-15-18)21-24-20-11-7-6-10-19(20)23(29)27(21)25-22(28)17-8-4-3-5-9-17/h3-15,21,24H,1-2H3,(H,25,28)/t21-/m0/s1. The number of fused-ring (bicyclic) bond motifs is 1. The second kappa shape index (κ2) is 7.67. The fourth-order valence-electron chi connectivity index (χ4n) is 3.32. The minimum atomic E-state index is -0.527. The van der Waals surface area contributed by atoms with E-state index in [1.807, 2.05) is 67.5 Å². The minimum Gasteiger partial charge on any atom is -0.378 e. The van der Waals surface area contributed by atoms with Gasteiger partial charge in [-0.3, -0.25) is 15.0 Å². The fourth-order valence-corrected chi connectivity index (χ4v) is 3.32. The van der Waals surface area contributed by atoms with Crippen molar-refractivity contribution in [2.45, 2.75) is 6.17 Å². The van der Waals surface area contributed by atoms with Crippen LogP contribution in [0.25, 0.3) is 0 Å². The van der Waals surface area contributed by atoms with E-state index in [0.29, 0.717) is 11.1 Å². The van der Waals surface area contributed by atoms with Crippen LogP contribution < -0.4 is 15.6 Å². The summed E-state index contributed by atoms with van der Waals surface area (Å²) in [4.78, 5) is 28.0. The summed E-state index contributed by atoms with van der Waals surface area (Å²) in [6, 6.07) is 24.0. The minimum absolute atomic E-state index is 0.259. The number of anilines is 2. The second-order valence-corrected chi connectivity index (χ2v) is 7.06. The van der Waals surface area contributed by atoms with Gasteiger partial charge in [0, 0.05) is 31.0 Å². The first-order chi connectivity index (χ1) is 14.0. The van der Waals surface area contributed by atoms with E-state index in [2.05, 4.69) is 10.7 Å². The highest BCUT2D eigenvalue weighted by molar-refractivity contribution is 6.03. The molecule has 29 heavy (non-hydrogen) atoms. The molecule has 2 amide bonds. The molecule has 0 unspecified atom stereocenters. The zero-order valence-electron chi connectivity index (χ0n) is 16.3. The third kappa shape index (κ3) is 3.65. The molecule has 0 saturated heterocycles. The summed E-state index contributed by atoms with van der Waals surface area (Å²) >= 11 is 0. The molecular weight excluding hydrogens is 364 g/mol. The van der Waals surface area contributed by atoms with Gasteiger partial charge >= 0.3 is 0 Å². The van der Waals surface area contributed by atoms with E-state index >= 15 is 0 Å². The van der Waals surface area contributed by atoms with Crippen molar-refractivity contribution < 1.29 is 9.59 Å². The van der Waals surface area contributed by atoms with Crippen LogP contribution >= 0.6 is 0 Å². The number of rotatable bonds is 4. The molecule has 3 aromatic rings. The first kappa shape index (κ1) is 18.6. The molecule has 1 atom stereocenters. The summed E-state index contributed by atoms with van der Waals surface area (Å²) in [6.45, 7) is 0. The van der Waals surface area contributed by atoms with E-state index in [4.69, 9.17) is 0 Å². The van der Waals surface area contributed by atoms with Crippen LogP contribution in [0.1, 0.15) is 32.4 Å². The van der Waals surface area contributed by atoms with Crippen molar-refractivity contribution in [3.05, 3.63) is 95.6 Å². The monoisotopic (exact) mass is 386 g/mol. The maximum absolute atomic E-state index is 13.2. The quantitative estimate of drug-likeness (QED) is 0.718. The van der Waals surface area contributed by atoms with Gasteiger partial charge in [0.25, 0.3) is 11.8 Å². The van der Waals surface area contributed by atoms with E-state index < -0.39 is 6.17 Å². The summed E-state index contributed by atoms with van der Waals surface area (Å²) in [5, 5.41) is 4.74. The summed E-state index contributed by atoms with van der Waals surface area (Å²) in [5.74, 6) is -0.597. The Kier molecular flexibility index (Phi) is 4.91. The van der Waals surface area contributed by atoms with Crippen molar-refractivity contribution in [1.82, 2.24) is 10.4 Å². The zero-order valence-corrected chi connectivity index (χ0v) is 16.3. The first-order valence-corrected chi connectivity index (χ1v) is 9.37. The lowest BCUT2D eigenvalue weighted by Gasteiger charge is -2.37. The lowest BCUT2D eigenvalue weighted by molar-refractivity contribution is 0.0491.